The number of nitrogens with zero attached hydrogens (tertiary/aromatic N) is 7. The van der Waals surface area contributed by atoms with E-state index in [-0.39, 0.29) is 23.8 Å². The van der Waals surface area contributed by atoms with Crippen molar-refractivity contribution >= 4 is 34.6 Å². The molecule has 0 N–H and O–H groups in total. The highest BCUT2D eigenvalue weighted by molar-refractivity contribution is 6.35. The number of piperazine rings is 1. The van der Waals surface area contributed by atoms with Crippen LogP contribution in [0.4, 0.5) is 11.4 Å². The van der Waals surface area contributed by atoms with Crippen LogP contribution in [0, 0.1) is 0 Å². The lowest BCUT2D eigenvalue weighted by molar-refractivity contribution is -0.189. The summed E-state index contributed by atoms with van der Waals surface area (Å²) in [7, 11) is 0. The van der Waals surface area contributed by atoms with E-state index in [1.807, 2.05) is 43.5 Å². The minimum atomic E-state index is -1.12. The SMILES string of the molecule is CCC(C)n1ncn(-c2ccc(N3CCN(c4ccc(OC[C@@H]5CO[C@@](Cn6ccnc6C(C)C)(c6ccc(Cl)cc6Cl)O5)cc4)CC3)cc2)c1=O. The predicted molar refractivity (Wildman–Crippen MR) is 204 cm³/mol. The van der Waals surface area contributed by atoms with Crippen LogP contribution in [0.15, 0.2) is 90.2 Å². The van der Waals surface area contributed by atoms with Gasteiger partial charge in [0, 0.05) is 66.5 Å². The molecule has 2 aliphatic rings. The fraction of sp³-hybridized carbons (Fsp3) is 0.410. The Morgan fingerprint density at radius 2 is 1.58 bits per heavy atom. The second-order valence-electron chi connectivity index (χ2n) is 13.8. The van der Waals surface area contributed by atoms with Gasteiger partial charge in [0.15, 0.2) is 0 Å². The Morgan fingerprint density at radius 1 is 0.923 bits per heavy atom. The van der Waals surface area contributed by atoms with Gasteiger partial charge in [0.1, 0.15) is 30.6 Å². The van der Waals surface area contributed by atoms with Crippen molar-refractivity contribution in [1.29, 1.82) is 0 Å². The molecule has 4 heterocycles. The van der Waals surface area contributed by atoms with Crippen molar-refractivity contribution in [3.63, 3.8) is 0 Å². The van der Waals surface area contributed by atoms with Crippen molar-refractivity contribution in [2.45, 2.75) is 64.5 Å². The first-order valence-electron chi connectivity index (χ1n) is 17.9. The third-order valence-electron chi connectivity index (χ3n) is 9.96. The number of rotatable bonds is 12. The molecule has 274 valence electrons. The fourth-order valence-corrected chi connectivity index (χ4v) is 7.44. The molecule has 52 heavy (non-hydrogen) atoms. The van der Waals surface area contributed by atoms with Crippen molar-refractivity contribution in [3.8, 4) is 11.4 Å². The summed E-state index contributed by atoms with van der Waals surface area (Å²) in [6.07, 6.45) is 5.87. The molecule has 0 amide bonds. The summed E-state index contributed by atoms with van der Waals surface area (Å²) in [4.78, 5) is 22.1. The second-order valence-corrected chi connectivity index (χ2v) is 14.6. The third-order valence-corrected chi connectivity index (χ3v) is 10.5. The average Bonchev–Trinajstić information content (AvgIpc) is 3.90. The first kappa shape index (κ1) is 36.1. The highest BCUT2D eigenvalue weighted by Gasteiger charge is 2.45. The third kappa shape index (κ3) is 7.45. The maximum Gasteiger partial charge on any atom is 0.350 e. The number of benzene rings is 3. The molecule has 2 fully saturated rings. The standard InChI is InChI=1S/C39H45Cl2N7O4/c1-5-28(4)48-38(49)47(26-43-48)32-9-7-30(8-10-32)44-18-20-45(21-19-44)31-11-13-33(14-12-31)50-23-34-24-51-39(52-34,35-15-6-29(40)22-36(35)41)25-46-17-16-42-37(46)27(2)3/h6-17,22,26-28,34H,5,18-21,23-25H2,1-4H3/t28?,34-,39-/m1/s1. The minimum Gasteiger partial charge on any atom is -0.491 e. The molecular formula is C39H45Cl2N7O4. The first-order valence-corrected chi connectivity index (χ1v) is 18.7. The summed E-state index contributed by atoms with van der Waals surface area (Å²) in [5, 5.41) is 5.33. The summed E-state index contributed by atoms with van der Waals surface area (Å²) in [6, 6.07) is 21.8. The van der Waals surface area contributed by atoms with E-state index in [1.165, 1.54) is 0 Å². The molecule has 1 unspecified atom stereocenters. The molecule has 0 radical (unpaired) electrons. The topological polar surface area (TPSA) is 91.8 Å². The van der Waals surface area contributed by atoms with Gasteiger partial charge in [0.2, 0.25) is 5.79 Å². The van der Waals surface area contributed by atoms with Crippen LogP contribution in [-0.4, -0.2) is 69.4 Å². The van der Waals surface area contributed by atoms with Crippen molar-refractivity contribution in [3.05, 3.63) is 117 Å². The predicted octanol–water partition coefficient (Wildman–Crippen LogP) is 7.31. The van der Waals surface area contributed by atoms with Gasteiger partial charge in [-0.15, -0.1) is 0 Å². The first-order chi connectivity index (χ1) is 25.1. The molecule has 2 aromatic heterocycles. The number of ether oxygens (including phenoxy) is 3. The number of hydrogen-bond donors (Lipinski definition) is 0. The van der Waals surface area contributed by atoms with Crippen LogP contribution >= 0.6 is 23.2 Å². The molecular weight excluding hydrogens is 701 g/mol. The molecule has 3 aromatic carbocycles. The summed E-state index contributed by atoms with van der Waals surface area (Å²) in [6.45, 7) is 12.9. The molecule has 0 spiro atoms. The average molecular weight is 747 g/mol. The maximum atomic E-state index is 12.8. The monoisotopic (exact) mass is 745 g/mol. The van der Waals surface area contributed by atoms with Crippen molar-refractivity contribution in [2.24, 2.45) is 0 Å². The van der Waals surface area contributed by atoms with E-state index in [4.69, 9.17) is 37.4 Å². The van der Waals surface area contributed by atoms with Crippen molar-refractivity contribution in [2.75, 3.05) is 49.2 Å². The molecule has 0 aliphatic carbocycles. The highest BCUT2D eigenvalue weighted by Crippen LogP contribution is 2.41. The zero-order chi connectivity index (χ0) is 36.4. The smallest absolute Gasteiger partial charge is 0.350 e. The van der Waals surface area contributed by atoms with Crippen LogP contribution in [0.5, 0.6) is 5.75 Å². The fourth-order valence-electron chi connectivity index (χ4n) is 6.89. The lowest BCUT2D eigenvalue weighted by Gasteiger charge is -2.37. The molecule has 11 nitrogen and oxygen atoms in total. The molecule has 0 bridgehead atoms. The maximum absolute atomic E-state index is 12.8. The minimum absolute atomic E-state index is 0.0648. The molecule has 3 atom stereocenters. The van der Waals surface area contributed by atoms with Crippen molar-refractivity contribution < 1.29 is 14.2 Å². The van der Waals surface area contributed by atoms with Crippen LogP contribution in [0.1, 0.15) is 57.5 Å². The molecule has 0 saturated carbocycles. The van der Waals surface area contributed by atoms with E-state index in [1.54, 1.807) is 33.9 Å². The Balaban J connectivity index is 0.941. The van der Waals surface area contributed by atoms with Crippen LogP contribution in [0.25, 0.3) is 5.69 Å². The Morgan fingerprint density at radius 3 is 2.21 bits per heavy atom. The summed E-state index contributed by atoms with van der Waals surface area (Å²) in [5.74, 6) is 0.806. The quantitative estimate of drug-likeness (QED) is 0.131. The number of imidazole rings is 1. The Hall–Kier alpha value is -4.29. The van der Waals surface area contributed by atoms with Crippen LogP contribution in [0.3, 0.4) is 0 Å². The van der Waals surface area contributed by atoms with E-state index in [0.29, 0.717) is 35.4 Å². The van der Waals surface area contributed by atoms with Gasteiger partial charge in [-0.3, -0.25) is 0 Å². The zero-order valence-electron chi connectivity index (χ0n) is 30.0. The number of anilines is 2. The normalized spacial score (nSPS) is 19.8. The van der Waals surface area contributed by atoms with Gasteiger partial charge in [0.25, 0.3) is 0 Å². The number of halogens is 2. The van der Waals surface area contributed by atoms with Gasteiger partial charge in [0.05, 0.1) is 29.9 Å². The molecule has 5 aromatic rings. The molecule has 7 rings (SSSR count). The van der Waals surface area contributed by atoms with Crippen molar-refractivity contribution in [1.82, 2.24) is 23.9 Å². The zero-order valence-corrected chi connectivity index (χ0v) is 31.5. The van der Waals surface area contributed by atoms with Crippen LogP contribution < -0.4 is 20.2 Å². The largest absolute Gasteiger partial charge is 0.491 e. The Labute approximate surface area is 314 Å². The Bertz CT molecular complexity index is 2020. The lowest BCUT2D eigenvalue weighted by atomic mass is 10.0. The Kier molecular flexibility index (Phi) is 10.7. The summed E-state index contributed by atoms with van der Waals surface area (Å²) >= 11 is 12.9. The number of aromatic nitrogens is 5. The summed E-state index contributed by atoms with van der Waals surface area (Å²) in [5.41, 5.74) is 3.71. The molecule has 13 heteroatoms. The van der Waals surface area contributed by atoms with E-state index in [2.05, 4.69) is 69.5 Å². The van der Waals surface area contributed by atoms with Gasteiger partial charge in [-0.05, 0) is 74.0 Å². The summed E-state index contributed by atoms with van der Waals surface area (Å²) < 4.78 is 24.5. The number of hydrogen-bond acceptors (Lipinski definition) is 8. The van der Waals surface area contributed by atoms with Gasteiger partial charge in [-0.25, -0.2) is 19.0 Å². The van der Waals surface area contributed by atoms with E-state index >= 15 is 0 Å². The van der Waals surface area contributed by atoms with Gasteiger partial charge in [-0.2, -0.15) is 5.10 Å². The highest BCUT2D eigenvalue weighted by atomic mass is 35.5. The van der Waals surface area contributed by atoms with E-state index in [9.17, 15) is 4.79 Å². The molecule has 2 saturated heterocycles. The van der Waals surface area contributed by atoms with Crippen LogP contribution in [-0.2, 0) is 21.8 Å². The lowest BCUT2D eigenvalue weighted by Crippen LogP contribution is -2.46. The van der Waals surface area contributed by atoms with Gasteiger partial charge in [-0.1, -0.05) is 50.0 Å². The van der Waals surface area contributed by atoms with E-state index in [0.717, 1.165) is 61.2 Å². The second kappa shape index (κ2) is 15.4. The van der Waals surface area contributed by atoms with Crippen LogP contribution in [0.2, 0.25) is 10.0 Å². The van der Waals surface area contributed by atoms with Gasteiger partial charge < -0.3 is 28.6 Å². The van der Waals surface area contributed by atoms with Gasteiger partial charge >= 0.3 is 5.69 Å². The van der Waals surface area contributed by atoms with E-state index < -0.39 is 5.79 Å². The molecule has 2 aliphatic heterocycles.